The average molecular weight is 462 g/mol. The van der Waals surface area contributed by atoms with Crippen LogP contribution in [0.3, 0.4) is 0 Å². The molecule has 0 aliphatic carbocycles. The summed E-state index contributed by atoms with van der Waals surface area (Å²) in [4.78, 5) is 17.6. The third-order valence-electron chi connectivity index (χ3n) is 4.32. The highest BCUT2D eigenvalue weighted by molar-refractivity contribution is 7.99. The molecule has 0 unspecified atom stereocenters. The summed E-state index contributed by atoms with van der Waals surface area (Å²) in [5.74, 6) is -1.69. The van der Waals surface area contributed by atoms with Crippen molar-refractivity contribution in [1.82, 2.24) is 24.5 Å². The number of nitrogens with one attached hydrogen (secondary N) is 1. The number of hydrogen-bond donors (Lipinski definition) is 1. The van der Waals surface area contributed by atoms with Crippen molar-refractivity contribution in [2.24, 2.45) is 7.05 Å². The Morgan fingerprint density at radius 2 is 1.75 bits per heavy atom. The van der Waals surface area contributed by atoms with Gasteiger partial charge in [0.2, 0.25) is 0 Å². The van der Waals surface area contributed by atoms with Crippen molar-refractivity contribution in [3.63, 3.8) is 0 Å². The highest BCUT2D eigenvalue weighted by atomic mass is 32.2. The molecule has 2 aromatic carbocycles. The first-order valence-corrected chi connectivity index (χ1v) is 9.89. The Labute approximate surface area is 183 Å². The smallest absolute Gasteiger partial charge is 0.329 e. The summed E-state index contributed by atoms with van der Waals surface area (Å²) < 4.78 is 56.5. The Bertz CT molecular complexity index is 1250. The van der Waals surface area contributed by atoms with Crippen molar-refractivity contribution in [3.8, 4) is 5.69 Å². The molecule has 2 aromatic heterocycles. The largest absolute Gasteiger partial charge is 0.435 e. The number of carbonyl (C=O) groups is 1. The molecule has 4 aromatic rings. The zero-order valence-electron chi connectivity index (χ0n) is 16.3. The highest BCUT2D eigenvalue weighted by Crippen LogP contribution is 2.33. The van der Waals surface area contributed by atoms with Gasteiger partial charge in [0.25, 0.3) is 5.91 Å². The molecule has 4 rings (SSSR count). The molecule has 12 heteroatoms. The van der Waals surface area contributed by atoms with Crippen molar-refractivity contribution in [2.45, 2.75) is 16.2 Å². The van der Waals surface area contributed by atoms with Gasteiger partial charge in [-0.05, 0) is 48.5 Å². The lowest BCUT2D eigenvalue weighted by molar-refractivity contribution is -0.143. The molecule has 32 heavy (non-hydrogen) atoms. The van der Waals surface area contributed by atoms with Gasteiger partial charge in [-0.25, -0.2) is 14.1 Å². The van der Waals surface area contributed by atoms with Crippen LogP contribution in [0.25, 0.3) is 5.69 Å². The Balaban J connectivity index is 1.57. The van der Waals surface area contributed by atoms with E-state index in [4.69, 9.17) is 0 Å². The minimum Gasteiger partial charge on any atom is -0.329 e. The van der Waals surface area contributed by atoms with E-state index in [2.05, 4.69) is 20.6 Å². The van der Waals surface area contributed by atoms with Gasteiger partial charge in [0.05, 0.1) is 5.69 Å². The fourth-order valence-corrected chi connectivity index (χ4v) is 3.61. The van der Waals surface area contributed by atoms with Gasteiger partial charge in [0.15, 0.2) is 16.5 Å². The molecule has 0 fully saturated rings. The maximum Gasteiger partial charge on any atom is 0.435 e. The number of hydrogen-bond acceptors (Lipinski definition) is 5. The predicted octanol–water partition coefficient (Wildman–Crippen LogP) is 4.56. The Kier molecular flexibility index (Phi) is 5.70. The lowest BCUT2D eigenvalue weighted by atomic mass is 10.2. The molecule has 0 radical (unpaired) electrons. The number of rotatable bonds is 5. The molecule has 0 atom stereocenters. The van der Waals surface area contributed by atoms with Gasteiger partial charge in [-0.3, -0.25) is 4.79 Å². The van der Waals surface area contributed by atoms with Gasteiger partial charge < -0.3 is 9.88 Å². The van der Waals surface area contributed by atoms with E-state index in [-0.39, 0.29) is 11.4 Å². The van der Waals surface area contributed by atoms with E-state index in [1.54, 1.807) is 36.7 Å². The first-order valence-electron chi connectivity index (χ1n) is 9.08. The molecule has 0 aliphatic rings. The van der Waals surface area contributed by atoms with Crippen LogP contribution < -0.4 is 5.32 Å². The van der Waals surface area contributed by atoms with Crippen LogP contribution in [0.15, 0.2) is 71.0 Å². The number of amides is 1. The Morgan fingerprint density at radius 3 is 2.34 bits per heavy atom. The van der Waals surface area contributed by atoms with Gasteiger partial charge in [-0.1, -0.05) is 17.0 Å². The number of alkyl halides is 3. The normalized spacial score (nSPS) is 11.5. The van der Waals surface area contributed by atoms with Gasteiger partial charge in [0.1, 0.15) is 5.82 Å². The summed E-state index contributed by atoms with van der Waals surface area (Å²) >= 11 is 1.39. The molecule has 164 valence electrons. The molecule has 0 aliphatic heterocycles. The lowest BCUT2D eigenvalue weighted by Crippen LogP contribution is -2.21. The Hall–Kier alpha value is -3.67. The number of carbonyl (C=O) groups excluding carboxylic acids is 1. The number of nitrogens with zero attached hydrogens (tertiary/aromatic N) is 5. The number of halogens is 4. The molecule has 0 saturated heterocycles. The van der Waals surface area contributed by atoms with Crippen LogP contribution in [0.4, 0.5) is 23.2 Å². The van der Waals surface area contributed by atoms with Crippen molar-refractivity contribution in [2.75, 3.05) is 5.32 Å². The summed E-state index contributed by atoms with van der Waals surface area (Å²) in [6, 6.07) is 10.7. The Morgan fingerprint density at radius 1 is 1.06 bits per heavy atom. The summed E-state index contributed by atoms with van der Waals surface area (Å²) in [6.07, 6.45) is -1.46. The molecular weight excluding hydrogens is 448 g/mol. The molecule has 1 N–H and O–H groups in total. The van der Waals surface area contributed by atoms with Crippen LogP contribution in [0.5, 0.6) is 0 Å². The zero-order valence-corrected chi connectivity index (χ0v) is 17.2. The maximum atomic E-state index is 13.7. The average Bonchev–Trinajstić information content (AvgIpc) is 3.37. The fraction of sp³-hybridized carbons (Fsp3) is 0.100. The monoisotopic (exact) mass is 462 g/mol. The van der Waals surface area contributed by atoms with Gasteiger partial charge in [0, 0.05) is 30.0 Å². The lowest BCUT2D eigenvalue weighted by Gasteiger charge is -2.11. The minimum absolute atomic E-state index is 0.0825. The summed E-state index contributed by atoms with van der Waals surface area (Å²) in [5, 5.41) is 10.0. The molecule has 0 bridgehead atoms. The maximum absolute atomic E-state index is 13.7. The predicted molar refractivity (Wildman–Crippen MR) is 108 cm³/mol. The number of aryl methyl sites for hydroxylation is 1. The van der Waals surface area contributed by atoms with E-state index >= 15 is 0 Å². The van der Waals surface area contributed by atoms with Gasteiger partial charge >= 0.3 is 6.18 Å². The molecule has 1 amide bonds. The molecule has 2 heterocycles. The van der Waals surface area contributed by atoms with E-state index in [9.17, 15) is 22.4 Å². The molecule has 0 spiro atoms. The van der Waals surface area contributed by atoms with E-state index in [0.717, 1.165) is 34.3 Å². The van der Waals surface area contributed by atoms with Crippen LogP contribution in [-0.2, 0) is 13.2 Å². The zero-order chi connectivity index (χ0) is 22.9. The molecule has 0 saturated carbocycles. The minimum atomic E-state index is -4.92. The van der Waals surface area contributed by atoms with Crippen LogP contribution in [0, 0.1) is 5.82 Å². The van der Waals surface area contributed by atoms with Crippen LogP contribution >= 0.6 is 11.8 Å². The topological polar surface area (TPSA) is 77.6 Å². The van der Waals surface area contributed by atoms with Crippen LogP contribution in [-0.4, -0.2) is 30.5 Å². The second kappa shape index (κ2) is 8.46. The molecular formula is C20H14F4N6OS. The van der Waals surface area contributed by atoms with E-state index in [1.165, 1.54) is 11.8 Å². The second-order valence-electron chi connectivity index (χ2n) is 6.57. The third kappa shape index (κ3) is 4.49. The van der Waals surface area contributed by atoms with Crippen molar-refractivity contribution in [3.05, 3.63) is 78.1 Å². The standard InChI is InChI=1S/C20H14F4N6OS/c1-29-11-10-25-19(29)32-15-8-4-13(5-9-15)26-18(31)16-17(20(22,23)24)30(28-27-16)14-6-2-12(21)3-7-14/h2-11H,1H3,(H,26,31). The number of benzene rings is 2. The quantitative estimate of drug-likeness (QED) is 0.440. The molecule has 7 nitrogen and oxygen atoms in total. The van der Waals surface area contributed by atoms with E-state index < -0.39 is 29.3 Å². The van der Waals surface area contributed by atoms with Crippen LogP contribution in [0.1, 0.15) is 16.2 Å². The van der Waals surface area contributed by atoms with E-state index in [1.807, 2.05) is 11.6 Å². The number of anilines is 1. The first kappa shape index (κ1) is 21.6. The SMILES string of the molecule is Cn1ccnc1Sc1ccc(NC(=O)c2nnn(-c3ccc(F)cc3)c2C(F)(F)F)cc1. The first-order chi connectivity index (χ1) is 15.2. The summed E-state index contributed by atoms with van der Waals surface area (Å²) in [7, 11) is 1.85. The van der Waals surface area contributed by atoms with Gasteiger partial charge in [-0.2, -0.15) is 13.2 Å². The third-order valence-corrected chi connectivity index (χ3v) is 5.41. The van der Waals surface area contributed by atoms with Crippen molar-refractivity contribution in [1.29, 1.82) is 0 Å². The van der Waals surface area contributed by atoms with Gasteiger partial charge in [-0.15, -0.1) is 5.10 Å². The second-order valence-corrected chi connectivity index (χ2v) is 7.61. The fourth-order valence-electron chi connectivity index (χ4n) is 2.80. The van der Waals surface area contributed by atoms with Crippen molar-refractivity contribution < 1.29 is 22.4 Å². The highest BCUT2D eigenvalue weighted by Gasteiger charge is 2.42. The van der Waals surface area contributed by atoms with E-state index in [0.29, 0.717) is 4.68 Å². The summed E-state index contributed by atoms with van der Waals surface area (Å²) in [5.41, 5.74) is -2.05. The summed E-state index contributed by atoms with van der Waals surface area (Å²) in [6.45, 7) is 0. The van der Waals surface area contributed by atoms with Crippen LogP contribution in [0.2, 0.25) is 0 Å². The number of imidazole rings is 1. The van der Waals surface area contributed by atoms with Crippen molar-refractivity contribution >= 4 is 23.4 Å². The number of aromatic nitrogens is 5.